The molecule has 0 saturated heterocycles. The van der Waals surface area contributed by atoms with Crippen molar-refractivity contribution < 1.29 is 28.8 Å². The van der Waals surface area contributed by atoms with Crippen molar-refractivity contribution in [2.45, 2.75) is 129 Å². The molecule has 44 heavy (non-hydrogen) atoms. The number of carbonyl (C=O) groups excluding carboxylic acids is 6. The number of unbranched alkanes of at least 4 members (excludes halogenated alkanes) is 8. The van der Waals surface area contributed by atoms with Crippen molar-refractivity contribution in [3.05, 3.63) is 0 Å². The Labute approximate surface area is 264 Å². The van der Waals surface area contributed by atoms with Gasteiger partial charge in [0, 0.05) is 77.8 Å². The van der Waals surface area contributed by atoms with E-state index in [2.05, 4.69) is 45.7 Å². The van der Waals surface area contributed by atoms with Crippen LogP contribution in [0.15, 0.2) is 0 Å². The van der Waals surface area contributed by atoms with Crippen LogP contribution in [0.1, 0.15) is 129 Å². The highest BCUT2D eigenvalue weighted by Gasteiger charge is 2.08. The molecule has 0 unspecified atom stereocenters. The lowest BCUT2D eigenvalue weighted by Gasteiger charge is -2.08. The Morgan fingerprint density at radius 2 is 0.477 bits per heavy atom. The van der Waals surface area contributed by atoms with Gasteiger partial charge in [0.25, 0.3) is 0 Å². The molecule has 0 aliphatic carbocycles. The fourth-order valence-electron chi connectivity index (χ4n) is 4.18. The maximum Gasteiger partial charge on any atom is 0.220 e. The summed E-state index contributed by atoms with van der Waals surface area (Å²) in [5.74, 6) is -0.760. The first kappa shape index (κ1) is 40.8. The van der Waals surface area contributed by atoms with E-state index >= 15 is 0 Å². The van der Waals surface area contributed by atoms with Gasteiger partial charge in [0.2, 0.25) is 35.4 Å². The molecule has 254 valence electrons. The molecule has 0 aromatic rings. The Morgan fingerprint density at radius 1 is 0.295 bits per heavy atom. The summed E-state index contributed by atoms with van der Waals surface area (Å²) in [5, 5.41) is 16.9. The molecule has 0 bridgehead atoms. The van der Waals surface area contributed by atoms with Crippen molar-refractivity contribution in [3.63, 3.8) is 0 Å². The molecule has 0 rings (SSSR count). The predicted molar refractivity (Wildman–Crippen MR) is 173 cm³/mol. The topological polar surface area (TPSA) is 175 Å². The minimum atomic E-state index is -0.161. The Hall–Kier alpha value is -3.18. The van der Waals surface area contributed by atoms with Crippen LogP contribution in [0.25, 0.3) is 0 Å². The standard InChI is InChI=1S/C32H60N6O6/c1-3-5-9-21-33-27(39)15-17-29(41)35-23-11-7-13-25-37-31(43)19-20-32(44)38-26-14-8-12-24-36-30(42)18-16-28(40)34-22-10-6-4-2/h3-26H2,1-2H3,(H,33,39)(H,34,40)(H,35,41)(H,36,42)(H,37,43)(H,38,44). The zero-order valence-electron chi connectivity index (χ0n) is 27.4. The molecule has 0 radical (unpaired) electrons. The zero-order valence-corrected chi connectivity index (χ0v) is 27.4. The lowest BCUT2D eigenvalue weighted by atomic mass is 10.2. The van der Waals surface area contributed by atoms with E-state index in [4.69, 9.17) is 0 Å². The van der Waals surface area contributed by atoms with E-state index in [1.807, 2.05) is 0 Å². The number of carbonyl (C=O) groups is 6. The minimum absolute atomic E-state index is 0.0905. The Balaban J connectivity index is 3.55. The second-order valence-corrected chi connectivity index (χ2v) is 11.1. The van der Waals surface area contributed by atoms with Gasteiger partial charge in [-0.15, -0.1) is 0 Å². The number of rotatable bonds is 29. The van der Waals surface area contributed by atoms with Crippen molar-refractivity contribution in [2.24, 2.45) is 0 Å². The summed E-state index contributed by atoms with van der Waals surface area (Å²) in [6.45, 7) is 7.66. The molecule has 0 fully saturated rings. The molecule has 0 heterocycles. The van der Waals surface area contributed by atoms with Gasteiger partial charge in [-0.05, 0) is 51.4 Å². The number of nitrogens with one attached hydrogen (secondary N) is 6. The quantitative estimate of drug-likeness (QED) is 0.0698. The Kier molecular flexibility index (Phi) is 27.7. The van der Waals surface area contributed by atoms with Crippen molar-refractivity contribution in [2.75, 3.05) is 39.3 Å². The maximum absolute atomic E-state index is 12.0. The molecule has 0 spiro atoms. The summed E-state index contributed by atoms with van der Waals surface area (Å²) in [6, 6.07) is 0. The molecule has 12 heteroatoms. The first-order chi connectivity index (χ1) is 21.3. The molecule has 6 N–H and O–H groups in total. The minimum Gasteiger partial charge on any atom is -0.356 e. The van der Waals surface area contributed by atoms with Crippen LogP contribution in [0.4, 0.5) is 0 Å². The summed E-state index contributed by atoms with van der Waals surface area (Å²) in [4.78, 5) is 71.0. The largest absolute Gasteiger partial charge is 0.356 e. The summed E-state index contributed by atoms with van der Waals surface area (Å²) in [5.41, 5.74) is 0. The van der Waals surface area contributed by atoms with Crippen LogP contribution in [0, 0.1) is 0 Å². The van der Waals surface area contributed by atoms with E-state index in [1.54, 1.807) is 0 Å². The van der Waals surface area contributed by atoms with Crippen LogP contribution in [0.3, 0.4) is 0 Å². The third-order valence-electron chi connectivity index (χ3n) is 6.94. The summed E-state index contributed by atoms with van der Waals surface area (Å²) >= 11 is 0. The van der Waals surface area contributed by atoms with Gasteiger partial charge >= 0.3 is 0 Å². The van der Waals surface area contributed by atoms with Crippen LogP contribution < -0.4 is 31.9 Å². The highest BCUT2D eigenvalue weighted by Crippen LogP contribution is 1.98. The van der Waals surface area contributed by atoms with Crippen molar-refractivity contribution in [3.8, 4) is 0 Å². The lowest BCUT2D eigenvalue weighted by molar-refractivity contribution is -0.126. The molecular formula is C32H60N6O6. The van der Waals surface area contributed by atoms with Gasteiger partial charge in [0.15, 0.2) is 0 Å². The first-order valence-corrected chi connectivity index (χ1v) is 16.9. The van der Waals surface area contributed by atoms with Gasteiger partial charge in [0.05, 0.1) is 0 Å². The zero-order chi connectivity index (χ0) is 32.7. The third-order valence-corrected chi connectivity index (χ3v) is 6.94. The summed E-state index contributed by atoms with van der Waals surface area (Å²) in [6.07, 6.45) is 12.2. The van der Waals surface area contributed by atoms with E-state index in [9.17, 15) is 28.8 Å². The highest BCUT2D eigenvalue weighted by atomic mass is 16.2. The van der Waals surface area contributed by atoms with Crippen LogP contribution in [0.5, 0.6) is 0 Å². The molecule has 0 aromatic carbocycles. The molecular weight excluding hydrogens is 564 g/mol. The molecule has 12 nitrogen and oxygen atoms in total. The number of hydrogen-bond donors (Lipinski definition) is 6. The normalized spacial score (nSPS) is 10.5. The van der Waals surface area contributed by atoms with Gasteiger partial charge in [-0.2, -0.15) is 0 Å². The smallest absolute Gasteiger partial charge is 0.220 e. The van der Waals surface area contributed by atoms with Gasteiger partial charge in [-0.1, -0.05) is 39.5 Å². The van der Waals surface area contributed by atoms with E-state index in [0.29, 0.717) is 39.3 Å². The molecule has 0 saturated carbocycles. The van der Waals surface area contributed by atoms with E-state index < -0.39 is 0 Å². The number of hydrogen-bond acceptors (Lipinski definition) is 6. The van der Waals surface area contributed by atoms with E-state index in [-0.39, 0.29) is 74.0 Å². The molecule has 0 atom stereocenters. The van der Waals surface area contributed by atoms with Gasteiger partial charge < -0.3 is 31.9 Å². The van der Waals surface area contributed by atoms with Gasteiger partial charge in [-0.3, -0.25) is 28.8 Å². The summed E-state index contributed by atoms with van der Waals surface area (Å²) in [7, 11) is 0. The van der Waals surface area contributed by atoms with Crippen molar-refractivity contribution in [1.29, 1.82) is 0 Å². The fraction of sp³-hybridized carbons (Fsp3) is 0.812. The Bertz CT molecular complexity index is 757. The molecule has 0 aliphatic rings. The second-order valence-electron chi connectivity index (χ2n) is 11.1. The van der Waals surface area contributed by atoms with Crippen LogP contribution in [-0.4, -0.2) is 74.7 Å². The van der Waals surface area contributed by atoms with Crippen LogP contribution >= 0.6 is 0 Å². The Morgan fingerprint density at radius 3 is 0.659 bits per heavy atom. The van der Waals surface area contributed by atoms with Crippen LogP contribution in [0.2, 0.25) is 0 Å². The molecule has 0 aliphatic heterocycles. The fourth-order valence-corrected chi connectivity index (χ4v) is 4.18. The first-order valence-electron chi connectivity index (χ1n) is 16.9. The lowest BCUT2D eigenvalue weighted by Crippen LogP contribution is -2.29. The molecule has 6 amide bonds. The van der Waals surface area contributed by atoms with E-state index in [0.717, 1.165) is 77.0 Å². The maximum atomic E-state index is 12.0. The predicted octanol–water partition coefficient (Wildman–Crippen LogP) is 2.75. The monoisotopic (exact) mass is 624 g/mol. The average Bonchev–Trinajstić information content (AvgIpc) is 3.01. The second kappa shape index (κ2) is 29.9. The summed E-state index contributed by atoms with van der Waals surface area (Å²) < 4.78 is 0. The van der Waals surface area contributed by atoms with E-state index in [1.165, 1.54) is 0 Å². The SMILES string of the molecule is CCCCCNC(=O)CCC(=O)NCCCCCNC(=O)CCC(=O)NCCCCCNC(=O)CCC(=O)NCCCCC. The van der Waals surface area contributed by atoms with Crippen molar-refractivity contribution in [1.82, 2.24) is 31.9 Å². The van der Waals surface area contributed by atoms with Gasteiger partial charge in [0.1, 0.15) is 0 Å². The highest BCUT2D eigenvalue weighted by molar-refractivity contribution is 5.84. The molecule has 0 aromatic heterocycles. The van der Waals surface area contributed by atoms with Crippen molar-refractivity contribution >= 4 is 35.4 Å². The van der Waals surface area contributed by atoms with Gasteiger partial charge in [-0.25, -0.2) is 0 Å². The third kappa shape index (κ3) is 28.9. The average molecular weight is 625 g/mol. The number of amides is 6. The van der Waals surface area contributed by atoms with Crippen LogP contribution in [-0.2, 0) is 28.8 Å².